The highest BCUT2D eigenvalue weighted by molar-refractivity contribution is 6.03. The highest BCUT2D eigenvalue weighted by Gasteiger charge is 2.09. The molecule has 0 fully saturated rings. The Kier molecular flexibility index (Phi) is 6.18. The zero-order valence-corrected chi connectivity index (χ0v) is 15.7. The molecule has 1 heterocycles. The molecule has 7 heteroatoms. The first kappa shape index (κ1) is 19.6. The molecular formula is C22H18N4O3. The van der Waals surface area contributed by atoms with Crippen molar-refractivity contribution in [2.75, 3.05) is 17.2 Å². The van der Waals surface area contributed by atoms with Crippen LogP contribution in [0.2, 0.25) is 0 Å². The van der Waals surface area contributed by atoms with Gasteiger partial charge in [-0.3, -0.25) is 4.79 Å². The molecule has 0 bridgehead atoms. The van der Waals surface area contributed by atoms with E-state index >= 15 is 0 Å². The summed E-state index contributed by atoms with van der Waals surface area (Å²) in [6.07, 6.45) is 1.54. The monoisotopic (exact) mass is 386 g/mol. The molecule has 0 saturated carbocycles. The third-order valence-electron chi connectivity index (χ3n) is 3.93. The number of pyridine rings is 1. The minimum atomic E-state index is -0.370. The summed E-state index contributed by atoms with van der Waals surface area (Å²) in [6.45, 7) is 2.09. The number of nitrogens with zero attached hydrogens (tertiary/aromatic N) is 2. The molecule has 3 aromatic rings. The predicted molar refractivity (Wildman–Crippen MR) is 109 cm³/mol. The van der Waals surface area contributed by atoms with Crippen LogP contribution in [-0.4, -0.2) is 23.5 Å². The molecule has 1 aromatic heterocycles. The zero-order valence-electron chi connectivity index (χ0n) is 15.7. The Hall–Kier alpha value is -4.18. The summed E-state index contributed by atoms with van der Waals surface area (Å²) in [6, 6.07) is 18.9. The first-order valence-corrected chi connectivity index (χ1v) is 8.91. The van der Waals surface area contributed by atoms with Crippen molar-refractivity contribution < 1.29 is 14.3 Å². The van der Waals surface area contributed by atoms with E-state index in [1.54, 1.807) is 73.8 Å². The third-order valence-corrected chi connectivity index (χ3v) is 3.93. The van der Waals surface area contributed by atoms with Crippen LogP contribution in [0, 0.1) is 11.3 Å². The molecule has 0 aliphatic rings. The number of aromatic nitrogens is 1. The number of amides is 1. The van der Waals surface area contributed by atoms with Crippen LogP contribution in [0.15, 0.2) is 66.9 Å². The summed E-state index contributed by atoms with van der Waals surface area (Å²) in [5, 5.41) is 14.8. The van der Waals surface area contributed by atoms with E-state index in [0.29, 0.717) is 29.1 Å². The molecule has 0 saturated heterocycles. The molecule has 0 radical (unpaired) electrons. The molecule has 0 unspecified atom stereocenters. The van der Waals surface area contributed by atoms with Crippen LogP contribution < -0.4 is 10.6 Å². The Balaban J connectivity index is 1.63. The van der Waals surface area contributed by atoms with E-state index in [1.165, 1.54) is 0 Å². The van der Waals surface area contributed by atoms with Crippen LogP contribution in [0.1, 0.15) is 33.3 Å². The van der Waals surface area contributed by atoms with Crippen molar-refractivity contribution in [3.8, 4) is 6.07 Å². The Morgan fingerprint density at radius 1 is 1.03 bits per heavy atom. The maximum absolute atomic E-state index is 12.3. The average Bonchev–Trinajstić information content (AvgIpc) is 2.75. The lowest BCUT2D eigenvalue weighted by molar-refractivity contribution is 0.0526. The predicted octanol–water partition coefficient (Wildman–Crippen LogP) is 4.13. The van der Waals surface area contributed by atoms with Crippen LogP contribution in [0.5, 0.6) is 0 Å². The van der Waals surface area contributed by atoms with Gasteiger partial charge in [0.05, 0.1) is 35.7 Å². The summed E-state index contributed by atoms with van der Waals surface area (Å²) in [5.41, 5.74) is 3.17. The van der Waals surface area contributed by atoms with E-state index in [1.807, 2.05) is 6.07 Å². The maximum atomic E-state index is 12.3. The summed E-state index contributed by atoms with van der Waals surface area (Å²) < 4.78 is 4.95. The zero-order chi connectivity index (χ0) is 20.6. The number of anilines is 3. The number of esters is 1. The third kappa shape index (κ3) is 5.17. The summed E-state index contributed by atoms with van der Waals surface area (Å²) in [5.74, 6) is -0.734. The standard InChI is InChI=1S/C22H18N4O3/c1-2-29-22(28)16-6-8-17(9-7-16)25-19-10-11-20(24-14-19)21(27)26-18-5-3-4-15(12-18)13-23/h3-12,14,25H,2H2,1H3,(H,26,27). The number of nitriles is 1. The van der Waals surface area contributed by atoms with Crippen molar-refractivity contribution in [3.05, 3.63) is 83.7 Å². The SMILES string of the molecule is CCOC(=O)c1ccc(Nc2ccc(C(=O)Nc3cccc(C#N)c3)nc2)cc1. The topological polar surface area (TPSA) is 104 Å². The van der Waals surface area contributed by atoms with Gasteiger partial charge in [-0.25, -0.2) is 9.78 Å². The van der Waals surface area contributed by atoms with E-state index in [0.717, 1.165) is 5.69 Å². The van der Waals surface area contributed by atoms with Gasteiger partial charge in [0.15, 0.2) is 0 Å². The van der Waals surface area contributed by atoms with Crippen LogP contribution in [0.3, 0.4) is 0 Å². The molecule has 2 N–H and O–H groups in total. The molecule has 7 nitrogen and oxygen atoms in total. The van der Waals surface area contributed by atoms with Gasteiger partial charge in [0.2, 0.25) is 0 Å². The van der Waals surface area contributed by atoms with E-state index < -0.39 is 0 Å². The fourth-order valence-corrected chi connectivity index (χ4v) is 2.53. The molecule has 0 atom stereocenters. The van der Waals surface area contributed by atoms with Gasteiger partial charge in [0.1, 0.15) is 5.69 Å². The maximum Gasteiger partial charge on any atom is 0.338 e. The van der Waals surface area contributed by atoms with Gasteiger partial charge in [-0.05, 0) is 61.5 Å². The van der Waals surface area contributed by atoms with Crippen molar-refractivity contribution in [2.24, 2.45) is 0 Å². The first-order valence-electron chi connectivity index (χ1n) is 8.91. The quantitative estimate of drug-likeness (QED) is 0.618. The molecule has 144 valence electrons. The fourth-order valence-electron chi connectivity index (χ4n) is 2.53. The number of hydrogen-bond acceptors (Lipinski definition) is 6. The van der Waals surface area contributed by atoms with Crippen molar-refractivity contribution in [3.63, 3.8) is 0 Å². The minimum absolute atomic E-state index is 0.246. The van der Waals surface area contributed by atoms with Crippen molar-refractivity contribution in [2.45, 2.75) is 6.92 Å². The molecule has 0 aliphatic heterocycles. The fraction of sp³-hybridized carbons (Fsp3) is 0.0909. The van der Waals surface area contributed by atoms with Gasteiger partial charge in [-0.2, -0.15) is 5.26 Å². The molecule has 2 aromatic carbocycles. The molecular weight excluding hydrogens is 368 g/mol. The Morgan fingerprint density at radius 3 is 2.45 bits per heavy atom. The Labute approximate surface area is 168 Å². The highest BCUT2D eigenvalue weighted by atomic mass is 16.5. The van der Waals surface area contributed by atoms with E-state index in [9.17, 15) is 9.59 Å². The van der Waals surface area contributed by atoms with Crippen LogP contribution in [-0.2, 0) is 4.74 Å². The van der Waals surface area contributed by atoms with E-state index in [4.69, 9.17) is 10.00 Å². The normalized spacial score (nSPS) is 9.93. The first-order chi connectivity index (χ1) is 14.1. The highest BCUT2D eigenvalue weighted by Crippen LogP contribution is 2.18. The number of carbonyl (C=O) groups excluding carboxylic acids is 2. The lowest BCUT2D eigenvalue weighted by atomic mass is 10.2. The smallest absolute Gasteiger partial charge is 0.338 e. The minimum Gasteiger partial charge on any atom is -0.462 e. The van der Waals surface area contributed by atoms with Crippen molar-refractivity contribution in [1.82, 2.24) is 4.98 Å². The Bertz CT molecular complexity index is 1050. The second kappa shape index (κ2) is 9.15. The van der Waals surface area contributed by atoms with Gasteiger partial charge >= 0.3 is 5.97 Å². The van der Waals surface area contributed by atoms with Crippen LogP contribution in [0.25, 0.3) is 0 Å². The number of ether oxygens (including phenoxy) is 1. The van der Waals surface area contributed by atoms with Crippen molar-refractivity contribution in [1.29, 1.82) is 5.26 Å². The van der Waals surface area contributed by atoms with E-state index in [2.05, 4.69) is 15.6 Å². The second-order valence-corrected chi connectivity index (χ2v) is 6.00. The molecule has 0 aliphatic carbocycles. The molecule has 1 amide bonds. The second-order valence-electron chi connectivity index (χ2n) is 6.00. The lowest BCUT2D eigenvalue weighted by Crippen LogP contribution is -2.13. The number of hydrogen-bond donors (Lipinski definition) is 2. The van der Waals surface area contributed by atoms with Gasteiger partial charge < -0.3 is 15.4 Å². The molecule has 0 spiro atoms. The number of carbonyl (C=O) groups is 2. The van der Waals surface area contributed by atoms with Gasteiger partial charge in [-0.15, -0.1) is 0 Å². The van der Waals surface area contributed by atoms with Gasteiger partial charge in [-0.1, -0.05) is 6.07 Å². The van der Waals surface area contributed by atoms with E-state index in [-0.39, 0.29) is 17.6 Å². The molecule has 29 heavy (non-hydrogen) atoms. The number of nitrogens with one attached hydrogen (secondary N) is 2. The number of rotatable bonds is 6. The summed E-state index contributed by atoms with van der Waals surface area (Å²) in [4.78, 5) is 28.2. The summed E-state index contributed by atoms with van der Waals surface area (Å²) >= 11 is 0. The Morgan fingerprint density at radius 2 is 1.79 bits per heavy atom. The number of benzene rings is 2. The lowest BCUT2D eigenvalue weighted by Gasteiger charge is -2.09. The van der Waals surface area contributed by atoms with Crippen molar-refractivity contribution >= 4 is 28.9 Å². The van der Waals surface area contributed by atoms with Gasteiger partial charge in [0, 0.05) is 11.4 Å². The van der Waals surface area contributed by atoms with Crippen LogP contribution in [0.4, 0.5) is 17.1 Å². The van der Waals surface area contributed by atoms with Crippen LogP contribution >= 0.6 is 0 Å². The van der Waals surface area contributed by atoms with Gasteiger partial charge in [0.25, 0.3) is 5.91 Å². The average molecular weight is 386 g/mol. The largest absolute Gasteiger partial charge is 0.462 e. The molecule has 3 rings (SSSR count). The summed E-state index contributed by atoms with van der Waals surface area (Å²) in [7, 11) is 0.